The molecule has 6 nitrogen and oxygen atoms in total. The van der Waals surface area contributed by atoms with E-state index in [4.69, 9.17) is 11.6 Å². The summed E-state index contributed by atoms with van der Waals surface area (Å²) in [5.41, 5.74) is 0.896. The number of amides is 3. The predicted octanol–water partition coefficient (Wildman–Crippen LogP) is 1.77. The molecule has 4 rings (SSSR count). The second kappa shape index (κ2) is 7.50. The molecule has 0 radical (unpaired) electrons. The number of hydrogen-bond acceptors (Lipinski definition) is 3. The molecule has 2 heterocycles. The Morgan fingerprint density at radius 1 is 0.963 bits per heavy atom. The molecule has 144 valence electrons. The fourth-order valence-electron chi connectivity index (χ4n) is 3.92. The second-order valence-electron chi connectivity index (χ2n) is 7.69. The van der Waals surface area contributed by atoms with Gasteiger partial charge in [0.15, 0.2) is 0 Å². The van der Waals surface area contributed by atoms with Crippen molar-refractivity contribution in [1.29, 1.82) is 0 Å². The van der Waals surface area contributed by atoms with E-state index in [-0.39, 0.29) is 36.0 Å². The highest BCUT2D eigenvalue weighted by Crippen LogP contribution is 2.31. The maximum atomic E-state index is 12.9. The standard InChI is InChI=1S/C20H24ClN3O3/c21-17-4-2-1-3-15(17)12-24-13-16(11-18(24)25)20(27)23-9-7-22(8-10-23)19(26)14-5-6-14/h1-4,14,16H,5-13H2. The Kier molecular flexibility index (Phi) is 5.08. The van der Waals surface area contributed by atoms with Crippen LogP contribution in [0.4, 0.5) is 0 Å². The molecule has 7 heteroatoms. The predicted molar refractivity (Wildman–Crippen MR) is 101 cm³/mol. The Balaban J connectivity index is 1.31. The zero-order valence-electron chi connectivity index (χ0n) is 15.3. The molecule has 0 aromatic heterocycles. The highest BCUT2D eigenvalue weighted by molar-refractivity contribution is 6.31. The fraction of sp³-hybridized carbons (Fsp3) is 0.550. The first kappa shape index (κ1) is 18.3. The number of piperazine rings is 1. The van der Waals surface area contributed by atoms with E-state index in [2.05, 4.69) is 0 Å². The van der Waals surface area contributed by atoms with Gasteiger partial charge in [-0.1, -0.05) is 29.8 Å². The first-order chi connectivity index (χ1) is 13.0. The van der Waals surface area contributed by atoms with E-state index in [1.807, 2.05) is 34.1 Å². The van der Waals surface area contributed by atoms with Crippen LogP contribution in [-0.4, -0.2) is 65.1 Å². The van der Waals surface area contributed by atoms with E-state index in [1.165, 1.54) is 0 Å². The van der Waals surface area contributed by atoms with Crippen molar-refractivity contribution >= 4 is 29.3 Å². The van der Waals surface area contributed by atoms with Crippen molar-refractivity contribution in [3.05, 3.63) is 34.9 Å². The summed E-state index contributed by atoms with van der Waals surface area (Å²) in [7, 11) is 0. The first-order valence-corrected chi connectivity index (χ1v) is 9.99. The molecular weight excluding hydrogens is 366 g/mol. The first-order valence-electron chi connectivity index (χ1n) is 9.61. The summed E-state index contributed by atoms with van der Waals surface area (Å²) >= 11 is 6.19. The van der Waals surface area contributed by atoms with Crippen molar-refractivity contribution in [2.45, 2.75) is 25.8 Å². The summed E-state index contributed by atoms with van der Waals surface area (Å²) in [6, 6.07) is 7.47. The molecule has 1 aromatic rings. The Bertz CT molecular complexity index is 757. The van der Waals surface area contributed by atoms with Gasteiger partial charge < -0.3 is 14.7 Å². The lowest BCUT2D eigenvalue weighted by Gasteiger charge is -2.36. The summed E-state index contributed by atoms with van der Waals surface area (Å²) in [6.07, 6.45) is 2.26. The number of carbonyl (C=O) groups excluding carboxylic acids is 3. The summed E-state index contributed by atoms with van der Waals surface area (Å²) in [5.74, 6) is 0.187. The zero-order valence-corrected chi connectivity index (χ0v) is 16.0. The highest BCUT2D eigenvalue weighted by Gasteiger charge is 2.39. The molecule has 1 aliphatic carbocycles. The monoisotopic (exact) mass is 389 g/mol. The Morgan fingerprint density at radius 3 is 2.15 bits per heavy atom. The van der Waals surface area contributed by atoms with E-state index in [9.17, 15) is 14.4 Å². The Hall–Kier alpha value is -2.08. The molecule has 1 unspecified atom stereocenters. The molecule has 0 bridgehead atoms. The van der Waals surface area contributed by atoms with E-state index < -0.39 is 0 Å². The van der Waals surface area contributed by atoms with Crippen LogP contribution >= 0.6 is 11.6 Å². The number of rotatable bonds is 4. The highest BCUT2D eigenvalue weighted by atomic mass is 35.5. The normalized spacial score (nSPS) is 23.1. The van der Waals surface area contributed by atoms with Gasteiger partial charge in [0.1, 0.15) is 0 Å². The van der Waals surface area contributed by atoms with Crippen LogP contribution in [0.3, 0.4) is 0 Å². The lowest BCUT2D eigenvalue weighted by Crippen LogP contribution is -2.52. The molecule has 3 amide bonds. The lowest BCUT2D eigenvalue weighted by molar-refractivity contribution is -0.142. The smallest absolute Gasteiger partial charge is 0.228 e. The molecule has 27 heavy (non-hydrogen) atoms. The van der Waals surface area contributed by atoms with E-state index in [0.29, 0.717) is 44.3 Å². The minimum Gasteiger partial charge on any atom is -0.339 e. The van der Waals surface area contributed by atoms with Gasteiger partial charge in [-0.15, -0.1) is 0 Å². The minimum atomic E-state index is -0.300. The number of likely N-dealkylation sites (tertiary alicyclic amines) is 1. The van der Waals surface area contributed by atoms with E-state index >= 15 is 0 Å². The fourth-order valence-corrected chi connectivity index (χ4v) is 4.11. The van der Waals surface area contributed by atoms with Gasteiger partial charge in [0, 0.05) is 56.6 Å². The molecule has 1 aromatic carbocycles. The van der Waals surface area contributed by atoms with Gasteiger partial charge >= 0.3 is 0 Å². The average Bonchev–Trinajstić information content (AvgIpc) is 3.47. The van der Waals surface area contributed by atoms with Crippen molar-refractivity contribution in [2.24, 2.45) is 11.8 Å². The summed E-state index contributed by atoms with van der Waals surface area (Å²) in [5, 5.41) is 0.636. The van der Waals surface area contributed by atoms with E-state index in [1.54, 1.807) is 4.90 Å². The van der Waals surface area contributed by atoms with Gasteiger partial charge in [0.05, 0.1) is 5.92 Å². The molecule has 3 aliphatic rings. The van der Waals surface area contributed by atoms with Gasteiger partial charge in [-0.05, 0) is 24.5 Å². The summed E-state index contributed by atoms with van der Waals surface area (Å²) in [4.78, 5) is 42.8. The number of benzene rings is 1. The van der Waals surface area contributed by atoms with Crippen LogP contribution in [0.2, 0.25) is 5.02 Å². The van der Waals surface area contributed by atoms with Crippen LogP contribution in [0.1, 0.15) is 24.8 Å². The maximum Gasteiger partial charge on any atom is 0.228 e. The Labute approximate surface area is 164 Å². The quantitative estimate of drug-likeness (QED) is 0.788. The third-order valence-electron chi connectivity index (χ3n) is 5.71. The summed E-state index contributed by atoms with van der Waals surface area (Å²) in [6.45, 7) is 3.20. The molecule has 2 saturated heterocycles. The van der Waals surface area contributed by atoms with Gasteiger partial charge in [-0.3, -0.25) is 14.4 Å². The van der Waals surface area contributed by atoms with Crippen LogP contribution in [0.5, 0.6) is 0 Å². The van der Waals surface area contributed by atoms with Crippen LogP contribution in [-0.2, 0) is 20.9 Å². The number of hydrogen-bond donors (Lipinski definition) is 0. The van der Waals surface area contributed by atoms with Crippen molar-refractivity contribution < 1.29 is 14.4 Å². The van der Waals surface area contributed by atoms with Crippen molar-refractivity contribution in [3.63, 3.8) is 0 Å². The molecule has 0 spiro atoms. The molecule has 2 aliphatic heterocycles. The third kappa shape index (κ3) is 3.95. The van der Waals surface area contributed by atoms with Crippen LogP contribution < -0.4 is 0 Å². The van der Waals surface area contributed by atoms with Gasteiger partial charge in [0.25, 0.3) is 0 Å². The molecule has 3 fully saturated rings. The summed E-state index contributed by atoms with van der Waals surface area (Å²) < 4.78 is 0. The molecule has 0 N–H and O–H groups in total. The molecule has 1 atom stereocenters. The van der Waals surface area contributed by atoms with Crippen LogP contribution in [0.15, 0.2) is 24.3 Å². The van der Waals surface area contributed by atoms with Crippen molar-refractivity contribution in [1.82, 2.24) is 14.7 Å². The topological polar surface area (TPSA) is 60.9 Å². The Morgan fingerprint density at radius 2 is 1.56 bits per heavy atom. The van der Waals surface area contributed by atoms with E-state index in [0.717, 1.165) is 18.4 Å². The van der Waals surface area contributed by atoms with Gasteiger partial charge in [0.2, 0.25) is 17.7 Å². The van der Waals surface area contributed by atoms with Crippen LogP contribution in [0.25, 0.3) is 0 Å². The number of carbonyl (C=O) groups is 3. The van der Waals surface area contributed by atoms with Crippen molar-refractivity contribution in [2.75, 3.05) is 32.7 Å². The third-order valence-corrected chi connectivity index (χ3v) is 6.08. The SMILES string of the molecule is O=C1CC(C(=O)N2CCN(C(=O)C3CC3)CC2)CN1Cc1ccccc1Cl. The zero-order chi connectivity index (χ0) is 19.0. The maximum absolute atomic E-state index is 12.9. The minimum absolute atomic E-state index is 0.00387. The van der Waals surface area contributed by atoms with Crippen LogP contribution in [0, 0.1) is 11.8 Å². The number of halogens is 1. The molecule has 1 saturated carbocycles. The molecular formula is C20H24ClN3O3. The number of nitrogens with zero attached hydrogens (tertiary/aromatic N) is 3. The van der Waals surface area contributed by atoms with Gasteiger partial charge in [-0.25, -0.2) is 0 Å². The van der Waals surface area contributed by atoms with Gasteiger partial charge in [-0.2, -0.15) is 0 Å². The lowest BCUT2D eigenvalue weighted by atomic mass is 10.1. The largest absolute Gasteiger partial charge is 0.339 e. The second-order valence-corrected chi connectivity index (χ2v) is 8.10. The van der Waals surface area contributed by atoms with Crippen molar-refractivity contribution in [3.8, 4) is 0 Å². The average molecular weight is 390 g/mol.